The third-order valence-electron chi connectivity index (χ3n) is 4.81. The molecule has 1 saturated carbocycles. The molecule has 2 rings (SSSR count). The number of nitrogens with zero attached hydrogens (tertiary/aromatic N) is 3. The minimum absolute atomic E-state index is 0.0122. The summed E-state index contributed by atoms with van der Waals surface area (Å²) in [5.41, 5.74) is 5.68. The maximum absolute atomic E-state index is 12.6. The van der Waals surface area contributed by atoms with Crippen LogP contribution >= 0.6 is 0 Å². The van der Waals surface area contributed by atoms with Gasteiger partial charge in [0.2, 0.25) is 5.91 Å². The summed E-state index contributed by atoms with van der Waals surface area (Å²) in [6.45, 7) is 5.42. The predicted molar refractivity (Wildman–Crippen MR) is 82.2 cm³/mol. The van der Waals surface area contributed by atoms with Crippen molar-refractivity contribution in [1.29, 1.82) is 0 Å². The third-order valence-corrected chi connectivity index (χ3v) is 4.81. The van der Waals surface area contributed by atoms with Crippen LogP contribution in [0.5, 0.6) is 0 Å². The molecule has 0 bridgehead atoms. The van der Waals surface area contributed by atoms with E-state index < -0.39 is 5.92 Å². The van der Waals surface area contributed by atoms with Crippen molar-refractivity contribution in [2.24, 2.45) is 16.8 Å². The number of amides is 1. The second kappa shape index (κ2) is 7.64. The lowest BCUT2D eigenvalue weighted by atomic mass is 10.00. The first-order valence-electron chi connectivity index (χ1n) is 8.17. The minimum atomic E-state index is -0.474. The fraction of sp³-hybridized carbons (Fsp3) is 0.867. The normalized spacial score (nSPS) is 23.5. The summed E-state index contributed by atoms with van der Waals surface area (Å²) >= 11 is 0. The SMILES string of the molecule is CCCC(C(=O)N1CCN(C2CCCC2)CC1)C(N)=NO. The van der Waals surface area contributed by atoms with Crippen molar-refractivity contribution >= 4 is 11.7 Å². The van der Waals surface area contributed by atoms with Crippen LogP contribution in [0.15, 0.2) is 5.16 Å². The number of amidine groups is 1. The van der Waals surface area contributed by atoms with Crippen molar-refractivity contribution in [1.82, 2.24) is 9.80 Å². The van der Waals surface area contributed by atoms with Crippen molar-refractivity contribution < 1.29 is 10.0 Å². The first-order chi connectivity index (χ1) is 10.2. The Kier molecular flexibility index (Phi) is 5.85. The lowest BCUT2D eigenvalue weighted by molar-refractivity contribution is -0.135. The van der Waals surface area contributed by atoms with Gasteiger partial charge in [-0.25, -0.2) is 0 Å². The summed E-state index contributed by atoms with van der Waals surface area (Å²) in [7, 11) is 0. The highest BCUT2D eigenvalue weighted by atomic mass is 16.4. The van der Waals surface area contributed by atoms with Gasteiger partial charge in [0.05, 0.1) is 5.92 Å². The van der Waals surface area contributed by atoms with Crippen LogP contribution in [0.2, 0.25) is 0 Å². The summed E-state index contributed by atoms with van der Waals surface area (Å²) in [5.74, 6) is -0.420. The molecule has 2 aliphatic rings. The number of rotatable bonds is 5. The predicted octanol–water partition coefficient (Wildman–Crippen LogP) is 1.24. The van der Waals surface area contributed by atoms with E-state index in [1.165, 1.54) is 25.7 Å². The number of piperazine rings is 1. The number of hydrogen-bond donors (Lipinski definition) is 2. The number of nitrogens with two attached hydrogens (primary N) is 1. The monoisotopic (exact) mass is 296 g/mol. The van der Waals surface area contributed by atoms with Crippen LogP contribution in [0.3, 0.4) is 0 Å². The highest BCUT2D eigenvalue weighted by molar-refractivity contribution is 6.02. The quantitative estimate of drug-likeness (QED) is 0.346. The van der Waals surface area contributed by atoms with Crippen molar-refractivity contribution in [3.05, 3.63) is 0 Å². The van der Waals surface area contributed by atoms with E-state index in [1.807, 2.05) is 11.8 Å². The molecular formula is C15H28N4O2. The summed E-state index contributed by atoms with van der Waals surface area (Å²) in [6.07, 6.45) is 6.76. The van der Waals surface area contributed by atoms with Crippen LogP contribution in [0.1, 0.15) is 45.4 Å². The molecule has 0 spiro atoms. The van der Waals surface area contributed by atoms with E-state index in [0.29, 0.717) is 6.42 Å². The molecule has 0 radical (unpaired) electrons. The van der Waals surface area contributed by atoms with Gasteiger partial charge in [0.15, 0.2) is 5.84 Å². The van der Waals surface area contributed by atoms with Gasteiger partial charge < -0.3 is 15.8 Å². The maximum Gasteiger partial charge on any atom is 0.233 e. The molecule has 1 atom stereocenters. The second-order valence-electron chi connectivity index (χ2n) is 6.17. The smallest absolute Gasteiger partial charge is 0.233 e. The van der Waals surface area contributed by atoms with Gasteiger partial charge in [0.1, 0.15) is 0 Å². The van der Waals surface area contributed by atoms with Gasteiger partial charge in [0.25, 0.3) is 0 Å². The maximum atomic E-state index is 12.6. The van der Waals surface area contributed by atoms with Crippen LogP contribution in [-0.2, 0) is 4.79 Å². The zero-order valence-corrected chi connectivity index (χ0v) is 13.0. The first-order valence-corrected chi connectivity index (χ1v) is 8.17. The van der Waals surface area contributed by atoms with Crippen molar-refractivity contribution in [2.75, 3.05) is 26.2 Å². The Labute approximate surface area is 127 Å². The molecule has 1 heterocycles. The van der Waals surface area contributed by atoms with E-state index in [0.717, 1.165) is 38.6 Å². The largest absolute Gasteiger partial charge is 0.409 e. The van der Waals surface area contributed by atoms with E-state index in [-0.39, 0.29) is 11.7 Å². The molecule has 0 aromatic heterocycles. The molecule has 120 valence electrons. The molecule has 3 N–H and O–H groups in total. The fourth-order valence-electron chi connectivity index (χ4n) is 3.55. The topological polar surface area (TPSA) is 82.2 Å². The Morgan fingerprint density at radius 1 is 1.29 bits per heavy atom. The van der Waals surface area contributed by atoms with E-state index in [4.69, 9.17) is 10.9 Å². The Morgan fingerprint density at radius 2 is 1.90 bits per heavy atom. The summed E-state index contributed by atoms with van der Waals surface area (Å²) < 4.78 is 0. The molecular weight excluding hydrogens is 268 g/mol. The molecule has 21 heavy (non-hydrogen) atoms. The number of carbonyl (C=O) groups excluding carboxylic acids is 1. The van der Waals surface area contributed by atoms with Gasteiger partial charge in [-0.15, -0.1) is 0 Å². The van der Waals surface area contributed by atoms with Gasteiger partial charge in [-0.2, -0.15) is 0 Å². The van der Waals surface area contributed by atoms with Crippen LogP contribution in [0, 0.1) is 5.92 Å². The number of carbonyl (C=O) groups is 1. The van der Waals surface area contributed by atoms with Gasteiger partial charge in [0, 0.05) is 32.2 Å². The molecule has 0 aromatic carbocycles. The lowest BCUT2D eigenvalue weighted by Crippen LogP contribution is -2.53. The van der Waals surface area contributed by atoms with Gasteiger partial charge in [-0.1, -0.05) is 31.3 Å². The molecule has 1 unspecified atom stereocenters. The molecule has 6 nitrogen and oxygen atoms in total. The first kappa shape index (κ1) is 16.1. The molecule has 0 aromatic rings. The zero-order valence-electron chi connectivity index (χ0n) is 13.0. The Bertz CT molecular complexity index is 372. The average Bonchev–Trinajstić information content (AvgIpc) is 3.06. The van der Waals surface area contributed by atoms with Crippen LogP contribution in [0.4, 0.5) is 0 Å². The Morgan fingerprint density at radius 3 is 2.43 bits per heavy atom. The average molecular weight is 296 g/mol. The van der Waals surface area contributed by atoms with Crippen molar-refractivity contribution in [2.45, 2.75) is 51.5 Å². The molecule has 1 aliphatic carbocycles. The summed E-state index contributed by atoms with van der Waals surface area (Å²) in [4.78, 5) is 17.0. The highest BCUT2D eigenvalue weighted by Gasteiger charge is 2.32. The van der Waals surface area contributed by atoms with Gasteiger partial charge >= 0.3 is 0 Å². The molecule has 1 saturated heterocycles. The lowest BCUT2D eigenvalue weighted by Gasteiger charge is -2.39. The highest BCUT2D eigenvalue weighted by Crippen LogP contribution is 2.24. The summed E-state index contributed by atoms with van der Waals surface area (Å²) in [6, 6.07) is 0.720. The van der Waals surface area contributed by atoms with Crippen LogP contribution in [0.25, 0.3) is 0 Å². The molecule has 1 amide bonds. The number of hydrogen-bond acceptors (Lipinski definition) is 4. The standard InChI is InChI=1S/C15H28N4O2/c1-2-5-13(14(16)17-21)15(20)19-10-8-18(9-11-19)12-6-3-4-7-12/h12-13,21H,2-11H2,1H3,(H2,16,17). The molecule has 2 fully saturated rings. The molecule has 1 aliphatic heterocycles. The summed E-state index contributed by atoms with van der Waals surface area (Å²) in [5, 5.41) is 11.9. The second-order valence-corrected chi connectivity index (χ2v) is 6.17. The van der Waals surface area contributed by atoms with Crippen molar-refractivity contribution in [3.63, 3.8) is 0 Å². The third kappa shape index (κ3) is 3.87. The Hall–Kier alpha value is -1.30. The van der Waals surface area contributed by atoms with Crippen LogP contribution in [-0.4, -0.2) is 59.0 Å². The Balaban J connectivity index is 1.89. The van der Waals surface area contributed by atoms with Gasteiger partial charge in [-0.05, 0) is 19.3 Å². The van der Waals surface area contributed by atoms with Crippen molar-refractivity contribution in [3.8, 4) is 0 Å². The van der Waals surface area contributed by atoms with E-state index in [1.54, 1.807) is 0 Å². The van der Waals surface area contributed by atoms with E-state index >= 15 is 0 Å². The van der Waals surface area contributed by atoms with E-state index in [2.05, 4.69) is 10.1 Å². The minimum Gasteiger partial charge on any atom is -0.409 e. The van der Waals surface area contributed by atoms with E-state index in [9.17, 15) is 4.79 Å². The van der Waals surface area contributed by atoms with Gasteiger partial charge in [-0.3, -0.25) is 9.69 Å². The van der Waals surface area contributed by atoms with Crippen LogP contribution < -0.4 is 5.73 Å². The number of oxime groups is 1. The zero-order chi connectivity index (χ0) is 15.2. The molecule has 6 heteroatoms. The fourth-order valence-corrected chi connectivity index (χ4v) is 3.55.